The molecule has 2 unspecified atom stereocenters. The number of hydrogen-bond donors (Lipinski definition) is 1. The van der Waals surface area contributed by atoms with Crippen molar-refractivity contribution in [1.82, 2.24) is 4.90 Å². The molecule has 2 heterocycles. The van der Waals surface area contributed by atoms with Crippen molar-refractivity contribution in [1.29, 1.82) is 0 Å². The first kappa shape index (κ1) is 12.3. The number of nitrogens with zero attached hydrogens (tertiary/aromatic N) is 1. The molecule has 16 heavy (non-hydrogen) atoms. The molecule has 0 amide bonds. The molecule has 2 rings (SSSR count). The Morgan fingerprint density at radius 2 is 1.94 bits per heavy atom. The van der Waals surface area contributed by atoms with Crippen LogP contribution < -0.4 is 0 Å². The van der Waals surface area contributed by atoms with Crippen molar-refractivity contribution in [3.8, 4) is 0 Å². The van der Waals surface area contributed by atoms with Crippen molar-refractivity contribution < 1.29 is 9.84 Å². The van der Waals surface area contributed by atoms with E-state index in [-0.39, 0.29) is 6.10 Å². The molecule has 0 aromatic heterocycles. The number of ether oxygens (including phenoxy) is 1. The molecule has 1 N–H and O–H groups in total. The van der Waals surface area contributed by atoms with Crippen LogP contribution in [0.1, 0.15) is 40.0 Å². The first-order chi connectivity index (χ1) is 7.53. The Morgan fingerprint density at radius 1 is 1.31 bits per heavy atom. The van der Waals surface area contributed by atoms with Gasteiger partial charge < -0.3 is 9.84 Å². The van der Waals surface area contributed by atoms with Crippen LogP contribution in [0.25, 0.3) is 0 Å². The Kier molecular flexibility index (Phi) is 3.30. The first-order valence-corrected chi connectivity index (χ1v) is 6.60. The van der Waals surface area contributed by atoms with Gasteiger partial charge in [-0.05, 0) is 25.2 Å². The van der Waals surface area contributed by atoms with E-state index in [1.807, 2.05) is 6.92 Å². The number of hydrogen-bond acceptors (Lipinski definition) is 3. The molecule has 0 radical (unpaired) electrons. The summed E-state index contributed by atoms with van der Waals surface area (Å²) < 4.78 is 5.47. The molecule has 3 nitrogen and oxygen atoms in total. The molecular weight excluding hydrogens is 202 g/mol. The average molecular weight is 227 g/mol. The lowest BCUT2D eigenvalue weighted by Crippen LogP contribution is -2.61. The van der Waals surface area contributed by atoms with Gasteiger partial charge in [-0.1, -0.05) is 13.8 Å². The Bertz CT molecular complexity index is 244. The summed E-state index contributed by atoms with van der Waals surface area (Å²) in [6, 6.07) is 0. The zero-order valence-electron chi connectivity index (χ0n) is 10.8. The predicted octanol–water partition coefficient (Wildman–Crippen LogP) is 1.65. The van der Waals surface area contributed by atoms with Gasteiger partial charge in [0.2, 0.25) is 0 Å². The molecule has 0 aromatic rings. The Morgan fingerprint density at radius 3 is 2.38 bits per heavy atom. The minimum atomic E-state index is -0.604. The van der Waals surface area contributed by atoms with E-state index in [2.05, 4.69) is 18.7 Å². The van der Waals surface area contributed by atoms with Crippen LogP contribution >= 0.6 is 0 Å². The largest absolute Gasteiger partial charge is 0.386 e. The molecule has 2 fully saturated rings. The summed E-state index contributed by atoms with van der Waals surface area (Å²) in [6.07, 6.45) is 3.29. The van der Waals surface area contributed by atoms with Crippen LogP contribution in [0.5, 0.6) is 0 Å². The van der Waals surface area contributed by atoms with Gasteiger partial charge in [0.15, 0.2) is 0 Å². The molecule has 2 atom stereocenters. The SMILES string of the molecule is CCC1(CC)CN(CC2(O)CCOC2C)C1. The van der Waals surface area contributed by atoms with E-state index >= 15 is 0 Å². The smallest absolute Gasteiger partial charge is 0.105 e. The van der Waals surface area contributed by atoms with Crippen LogP contribution in [0, 0.1) is 5.41 Å². The fourth-order valence-corrected chi connectivity index (χ4v) is 3.08. The van der Waals surface area contributed by atoms with Gasteiger partial charge >= 0.3 is 0 Å². The summed E-state index contributed by atoms with van der Waals surface area (Å²) >= 11 is 0. The lowest BCUT2D eigenvalue weighted by Gasteiger charge is -2.52. The zero-order chi connectivity index (χ0) is 11.8. The topological polar surface area (TPSA) is 32.7 Å². The van der Waals surface area contributed by atoms with Gasteiger partial charge in [-0.15, -0.1) is 0 Å². The summed E-state index contributed by atoms with van der Waals surface area (Å²) in [5.41, 5.74) is -0.0767. The Labute approximate surface area is 98.8 Å². The van der Waals surface area contributed by atoms with Gasteiger partial charge in [0.1, 0.15) is 5.60 Å². The number of aliphatic hydroxyl groups is 1. The maximum Gasteiger partial charge on any atom is 0.105 e. The lowest BCUT2D eigenvalue weighted by molar-refractivity contribution is -0.0938. The van der Waals surface area contributed by atoms with E-state index in [1.54, 1.807) is 0 Å². The summed E-state index contributed by atoms with van der Waals surface area (Å²) in [4.78, 5) is 2.39. The standard InChI is InChI=1S/C13H25NO2/c1-4-12(5-2)8-14(9-12)10-13(15)6-7-16-11(13)3/h11,15H,4-10H2,1-3H3. The summed E-state index contributed by atoms with van der Waals surface area (Å²) in [5, 5.41) is 10.4. The van der Waals surface area contributed by atoms with Crippen LogP contribution in [0.4, 0.5) is 0 Å². The fourth-order valence-electron chi connectivity index (χ4n) is 3.08. The first-order valence-electron chi connectivity index (χ1n) is 6.60. The molecule has 0 bridgehead atoms. The molecule has 0 aromatic carbocycles. The summed E-state index contributed by atoms with van der Waals surface area (Å²) in [5.74, 6) is 0. The highest BCUT2D eigenvalue weighted by molar-refractivity contribution is 4.99. The number of likely N-dealkylation sites (tertiary alicyclic amines) is 1. The summed E-state index contributed by atoms with van der Waals surface area (Å²) in [6.45, 7) is 10.3. The van der Waals surface area contributed by atoms with Crippen molar-refractivity contribution >= 4 is 0 Å². The molecular formula is C13H25NO2. The Balaban J connectivity index is 1.85. The lowest BCUT2D eigenvalue weighted by atomic mass is 9.74. The van der Waals surface area contributed by atoms with Crippen molar-refractivity contribution in [3.63, 3.8) is 0 Å². The van der Waals surface area contributed by atoms with E-state index in [1.165, 1.54) is 12.8 Å². The minimum absolute atomic E-state index is 0.00856. The van der Waals surface area contributed by atoms with Crippen molar-refractivity contribution in [2.24, 2.45) is 5.41 Å². The van der Waals surface area contributed by atoms with Crippen molar-refractivity contribution in [2.45, 2.75) is 51.7 Å². The average Bonchev–Trinajstić information content (AvgIpc) is 2.53. The second-order valence-electron chi connectivity index (χ2n) is 5.72. The quantitative estimate of drug-likeness (QED) is 0.792. The van der Waals surface area contributed by atoms with Gasteiger partial charge in [0, 0.05) is 32.7 Å². The molecule has 2 saturated heterocycles. The van der Waals surface area contributed by atoms with E-state index in [0.29, 0.717) is 12.0 Å². The third-order valence-corrected chi connectivity index (χ3v) is 4.77. The number of rotatable bonds is 4. The second kappa shape index (κ2) is 4.28. The predicted molar refractivity (Wildman–Crippen MR) is 64.4 cm³/mol. The molecule has 3 heteroatoms. The molecule has 0 saturated carbocycles. The molecule has 2 aliphatic heterocycles. The van der Waals surface area contributed by atoms with Gasteiger partial charge in [-0.3, -0.25) is 4.90 Å². The maximum absolute atomic E-state index is 10.4. The van der Waals surface area contributed by atoms with Crippen LogP contribution in [0.2, 0.25) is 0 Å². The normalized spacial score (nSPS) is 38.6. The highest BCUT2D eigenvalue weighted by atomic mass is 16.5. The highest BCUT2D eigenvalue weighted by Gasteiger charge is 2.46. The van der Waals surface area contributed by atoms with Gasteiger partial charge in [0.05, 0.1) is 6.10 Å². The Hall–Kier alpha value is -0.120. The van der Waals surface area contributed by atoms with E-state index in [4.69, 9.17) is 4.74 Å². The van der Waals surface area contributed by atoms with E-state index < -0.39 is 5.60 Å². The van der Waals surface area contributed by atoms with Gasteiger partial charge in [0.25, 0.3) is 0 Å². The second-order valence-corrected chi connectivity index (χ2v) is 5.72. The molecule has 2 aliphatic rings. The number of β-amino-alcohol motifs (C(OH)–C–C–N with tert-alkyl or cyclic N) is 1. The van der Waals surface area contributed by atoms with Crippen molar-refractivity contribution in [2.75, 3.05) is 26.2 Å². The monoisotopic (exact) mass is 227 g/mol. The van der Waals surface area contributed by atoms with Crippen LogP contribution in [0.3, 0.4) is 0 Å². The maximum atomic E-state index is 10.4. The molecule has 0 aliphatic carbocycles. The van der Waals surface area contributed by atoms with E-state index in [9.17, 15) is 5.11 Å². The van der Waals surface area contributed by atoms with Gasteiger partial charge in [-0.25, -0.2) is 0 Å². The third-order valence-electron chi connectivity index (χ3n) is 4.77. The third kappa shape index (κ3) is 2.01. The van der Waals surface area contributed by atoms with Gasteiger partial charge in [-0.2, -0.15) is 0 Å². The molecule has 94 valence electrons. The fraction of sp³-hybridized carbons (Fsp3) is 1.00. The minimum Gasteiger partial charge on any atom is -0.386 e. The van der Waals surface area contributed by atoms with Crippen molar-refractivity contribution in [3.05, 3.63) is 0 Å². The van der Waals surface area contributed by atoms with Crippen LogP contribution in [0.15, 0.2) is 0 Å². The van der Waals surface area contributed by atoms with Crippen LogP contribution in [-0.4, -0.2) is 48.0 Å². The zero-order valence-corrected chi connectivity index (χ0v) is 10.8. The van der Waals surface area contributed by atoms with Crippen LogP contribution in [-0.2, 0) is 4.74 Å². The van der Waals surface area contributed by atoms with E-state index in [0.717, 1.165) is 26.1 Å². The highest BCUT2D eigenvalue weighted by Crippen LogP contribution is 2.39. The molecule has 0 spiro atoms. The summed E-state index contributed by atoms with van der Waals surface area (Å²) in [7, 11) is 0.